The van der Waals surface area contributed by atoms with Gasteiger partial charge in [0, 0.05) is 31.6 Å². The second kappa shape index (κ2) is 6.01. The minimum absolute atomic E-state index is 0.0701. The molecule has 3 heterocycles. The number of hydrogen-bond acceptors (Lipinski definition) is 5. The Labute approximate surface area is 147 Å². The number of aromatic nitrogens is 2. The molecule has 2 amide bonds. The fraction of sp³-hybridized carbons (Fsp3) is 0.706. The summed E-state index contributed by atoms with van der Waals surface area (Å²) in [5.41, 5.74) is 1.47. The first-order valence-electron chi connectivity index (χ1n) is 8.58. The van der Waals surface area contributed by atoms with Gasteiger partial charge in [-0.25, -0.2) is 4.79 Å². The molecule has 0 bridgehead atoms. The van der Waals surface area contributed by atoms with E-state index in [9.17, 15) is 14.7 Å². The third-order valence-electron chi connectivity index (χ3n) is 4.53. The van der Waals surface area contributed by atoms with E-state index in [0.717, 1.165) is 11.3 Å². The van der Waals surface area contributed by atoms with Gasteiger partial charge < -0.3 is 19.6 Å². The highest BCUT2D eigenvalue weighted by Crippen LogP contribution is 2.29. The number of fused-ring (bicyclic) bond motifs is 3. The number of rotatable bonds is 0. The fourth-order valence-corrected chi connectivity index (χ4v) is 3.37. The van der Waals surface area contributed by atoms with E-state index in [1.54, 1.807) is 16.6 Å². The topological polar surface area (TPSA) is 87.9 Å². The van der Waals surface area contributed by atoms with E-state index in [-0.39, 0.29) is 37.7 Å². The lowest BCUT2D eigenvalue weighted by atomic mass is 9.99. The molecule has 8 heteroatoms. The molecule has 2 aliphatic rings. The first-order valence-corrected chi connectivity index (χ1v) is 8.58. The standard InChI is InChI=1S/C17H26N4O4/c1-10-6-13-12(9-20(10)16(24)25-17(2,3)4)14-15(23)19(5)7-11(22)8-21(14)18-13/h10-11,22H,6-9H2,1-5H3/t10-,11+/m1/s1. The molecule has 3 rings (SSSR count). The molecule has 0 radical (unpaired) electrons. The summed E-state index contributed by atoms with van der Waals surface area (Å²) in [6.45, 7) is 8.27. The normalized spacial score (nSPS) is 23.8. The molecule has 1 aromatic heterocycles. The van der Waals surface area contributed by atoms with Crippen LogP contribution in [0, 0.1) is 0 Å². The zero-order valence-electron chi connectivity index (χ0n) is 15.4. The first kappa shape index (κ1) is 17.7. The van der Waals surface area contributed by atoms with Crippen molar-refractivity contribution in [3.05, 3.63) is 17.0 Å². The summed E-state index contributed by atoms with van der Waals surface area (Å²) >= 11 is 0. The van der Waals surface area contributed by atoms with Crippen molar-refractivity contribution in [1.29, 1.82) is 0 Å². The lowest BCUT2D eigenvalue weighted by Gasteiger charge is -2.34. The molecule has 2 atom stereocenters. The van der Waals surface area contributed by atoms with Crippen LogP contribution in [-0.2, 0) is 24.2 Å². The van der Waals surface area contributed by atoms with Gasteiger partial charge in [-0.15, -0.1) is 0 Å². The molecule has 0 aromatic carbocycles. The van der Waals surface area contributed by atoms with Crippen molar-refractivity contribution in [2.75, 3.05) is 13.6 Å². The predicted molar refractivity (Wildman–Crippen MR) is 90.1 cm³/mol. The van der Waals surface area contributed by atoms with Crippen LogP contribution in [0.25, 0.3) is 0 Å². The van der Waals surface area contributed by atoms with Gasteiger partial charge in [0.2, 0.25) is 0 Å². The number of carbonyl (C=O) groups is 2. The Balaban J connectivity index is 1.95. The third-order valence-corrected chi connectivity index (χ3v) is 4.53. The van der Waals surface area contributed by atoms with Crippen LogP contribution in [0.15, 0.2) is 0 Å². The van der Waals surface area contributed by atoms with Gasteiger partial charge in [0.1, 0.15) is 11.3 Å². The van der Waals surface area contributed by atoms with Crippen LogP contribution in [0.2, 0.25) is 0 Å². The minimum Gasteiger partial charge on any atom is -0.444 e. The maximum absolute atomic E-state index is 12.7. The van der Waals surface area contributed by atoms with Gasteiger partial charge in [-0.3, -0.25) is 9.48 Å². The monoisotopic (exact) mass is 350 g/mol. The number of nitrogens with zero attached hydrogens (tertiary/aromatic N) is 4. The van der Waals surface area contributed by atoms with Crippen molar-refractivity contribution in [2.24, 2.45) is 0 Å². The molecule has 2 aliphatic heterocycles. The molecular weight excluding hydrogens is 324 g/mol. The lowest BCUT2D eigenvalue weighted by Crippen LogP contribution is -2.45. The highest BCUT2D eigenvalue weighted by Gasteiger charge is 2.37. The van der Waals surface area contributed by atoms with Gasteiger partial charge in [0.05, 0.1) is 24.9 Å². The van der Waals surface area contributed by atoms with Gasteiger partial charge in [-0.2, -0.15) is 5.10 Å². The Morgan fingerprint density at radius 3 is 2.64 bits per heavy atom. The van der Waals surface area contributed by atoms with E-state index < -0.39 is 11.7 Å². The highest BCUT2D eigenvalue weighted by molar-refractivity contribution is 5.94. The molecule has 0 spiro atoms. The van der Waals surface area contributed by atoms with Gasteiger partial charge in [-0.05, 0) is 27.7 Å². The first-order chi connectivity index (χ1) is 11.6. The quantitative estimate of drug-likeness (QED) is 0.754. The highest BCUT2D eigenvalue weighted by atomic mass is 16.6. The van der Waals surface area contributed by atoms with Crippen molar-refractivity contribution in [2.45, 2.75) is 65.0 Å². The van der Waals surface area contributed by atoms with E-state index in [0.29, 0.717) is 12.1 Å². The zero-order valence-corrected chi connectivity index (χ0v) is 15.4. The van der Waals surface area contributed by atoms with Crippen LogP contribution in [0.4, 0.5) is 4.79 Å². The minimum atomic E-state index is -0.657. The van der Waals surface area contributed by atoms with Crippen LogP contribution in [0.5, 0.6) is 0 Å². The second-order valence-corrected chi connectivity index (χ2v) is 7.96. The van der Waals surface area contributed by atoms with Crippen LogP contribution in [0.1, 0.15) is 49.4 Å². The molecule has 1 N–H and O–H groups in total. The Morgan fingerprint density at radius 2 is 2.00 bits per heavy atom. The average Bonchev–Trinajstić information content (AvgIpc) is 2.74. The summed E-state index contributed by atoms with van der Waals surface area (Å²) in [7, 11) is 1.66. The van der Waals surface area contributed by atoms with Crippen LogP contribution >= 0.6 is 0 Å². The van der Waals surface area contributed by atoms with Crippen molar-refractivity contribution in [1.82, 2.24) is 19.6 Å². The van der Waals surface area contributed by atoms with Gasteiger partial charge in [0.15, 0.2) is 0 Å². The lowest BCUT2D eigenvalue weighted by molar-refractivity contribution is 0.0136. The van der Waals surface area contributed by atoms with Crippen molar-refractivity contribution >= 4 is 12.0 Å². The maximum atomic E-state index is 12.7. The Bertz CT molecular complexity index is 706. The summed E-state index contributed by atoms with van der Waals surface area (Å²) in [5, 5.41) is 14.6. The van der Waals surface area contributed by atoms with Crippen LogP contribution in [-0.4, -0.2) is 68.0 Å². The average molecular weight is 350 g/mol. The fourth-order valence-electron chi connectivity index (χ4n) is 3.37. The molecular formula is C17H26N4O4. The number of aliphatic hydroxyl groups excluding tert-OH is 1. The number of amides is 2. The number of carbonyl (C=O) groups excluding carboxylic acids is 2. The number of likely N-dealkylation sites (N-methyl/N-ethyl adjacent to an activating group) is 1. The van der Waals surface area contributed by atoms with E-state index >= 15 is 0 Å². The molecule has 0 saturated heterocycles. The zero-order chi connectivity index (χ0) is 18.5. The molecule has 0 fully saturated rings. The molecule has 138 valence electrons. The van der Waals surface area contributed by atoms with Crippen LogP contribution < -0.4 is 0 Å². The molecule has 0 saturated carbocycles. The largest absolute Gasteiger partial charge is 0.444 e. The number of ether oxygens (including phenoxy) is 1. The van der Waals surface area contributed by atoms with Crippen molar-refractivity contribution < 1.29 is 19.4 Å². The smallest absolute Gasteiger partial charge is 0.410 e. The predicted octanol–water partition coefficient (Wildman–Crippen LogP) is 1.01. The van der Waals surface area contributed by atoms with E-state index in [4.69, 9.17) is 4.74 Å². The number of hydrogen-bond donors (Lipinski definition) is 1. The molecule has 8 nitrogen and oxygen atoms in total. The van der Waals surface area contributed by atoms with Gasteiger partial charge >= 0.3 is 6.09 Å². The second-order valence-electron chi connectivity index (χ2n) is 7.96. The summed E-state index contributed by atoms with van der Waals surface area (Å²) in [6, 6.07) is -0.0701. The molecule has 0 aliphatic carbocycles. The third kappa shape index (κ3) is 3.35. The summed E-state index contributed by atoms with van der Waals surface area (Å²) in [4.78, 5) is 28.4. The summed E-state index contributed by atoms with van der Waals surface area (Å²) in [6.07, 6.45) is -0.488. The van der Waals surface area contributed by atoms with Gasteiger partial charge in [-0.1, -0.05) is 0 Å². The van der Waals surface area contributed by atoms with Crippen LogP contribution in [0.3, 0.4) is 0 Å². The van der Waals surface area contributed by atoms with Crippen molar-refractivity contribution in [3.8, 4) is 0 Å². The molecule has 0 unspecified atom stereocenters. The van der Waals surface area contributed by atoms with Gasteiger partial charge in [0.25, 0.3) is 5.91 Å². The van der Waals surface area contributed by atoms with E-state index in [1.165, 1.54) is 4.90 Å². The Hall–Kier alpha value is -2.09. The SMILES string of the molecule is C[C@@H]1Cc2nn3c(c2CN1C(=O)OC(C)(C)C)C(=O)N(C)C[C@H](O)C3. The Kier molecular flexibility index (Phi) is 4.26. The Morgan fingerprint density at radius 1 is 1.32 bits per heavy atom. The summed E-state index contributed by atoms with van der Waals surface area (Å²) < 4.78 is 7.09. The molecule has 25 heavy (non-hydrogen) atoms. The number of β-amino-alcohol motifs (C(OH)–C–C–N with tert-alkyl or cyclic N) is 1. The summed E-state index contributed by atoms with van der Waals surface area (Å²) in [5.74, 6) is -0.177. The van der Waals surface area contributed by atoms with E-state index in [1.807, 2.05) is 27.7 Å². The van der Waals surface area contributed by atoms with E-state index in [2.05, 4.69) is 5.10 Å². The number of aliphatic hydroxyl groups is 1. The maximum Gasteiger partial charge on any atom is 0.410 e. The van der Waals surface area contributed by atoms with Crippen molar-refractivity contribution in [3.63, 3.8) is 0 Å². The molecule has 1 aromatic rings.